The minimum absolute atomic E-state index is 0.00182. The van der Waals surface area contributed by atoms with Gasteiger partial charge in [0, 0.05) is 43.2 Å². The number of anilines is 1. The van der Waals surface area contributed by atoms with Crippen molar-refractivity contribution in [2.75, 3.05) is 24.6 Å². The molecule has 5 rings (SSSR count). The van der Waals surface area contributed by atoms with Crippen LogP contribution in [0.3, 0.4) is 0 Å². The van der Waals surface area contributed by atoms with E-state index >= 15 is 0 Å². The Morgan fingerprint density at radius 3 is 2.81 bits per heavy atom. The third-order valence-electron chi connectivity index (χ3n) is 7.51. The lowest BCUT2D eigenvalue weighted by atomic mass is 9.88. The van der Waals surface area contributed by atoms with Gasteiger partial charge in [-0.15, -0.1) is 0 Å². The van der Waals surface area contributed by atoms with Crippen LogP contribution in [0.5, 0.6) is 6.01 Å². The number of fused-ring (bicyclic) bond motifs is 1. The van der Waals surface area contributed by atoms with Gasteiger partial charge >= 0.3 is 6.01 Å². The quantitative estimate of drug-likeness (QED) is 0.410. The van der Waals surface area contributed by atoms with Gasteiger partial charge in [-0.25, -0.2) is 9.97 Å². The Balaban J connectivity index is 1.33. The smallest absolute Gasteiger partial charge is 0.321 e. The third kappa shape index (κ3) is 5.51. The van der Waals surface area contributed by atoms with Gasteiger partial charge < -0.3 is 14.7 Å². The van der Waals surface area contributed by atoms with Gasteiger partial charge in [-0.3, -0.25) is 9.89 Å². The van der Waals surface area contributed by atoms with Gasteiger partial charge in [-0.1, -0.05) is 6.92 Å². The SMILES string of the molecule is C[C@@H](CC(=O)c1nc(OC[C@H]2C[C@H]2C#N)nc(N2CCC(c3[nH]nc4ncncc34)CC2)n1)C(C)(C)O. The molecule has 3 aromatic rings. The number of aromatic nitrogens is 7. The lowest BCUT2D eigenvalue weighted by molar-refractivity contribution is 0.0211. The average Bonchev–Trinajstić information content (AvgIpc) is 3.53. The van der Waals surface area contributed by atoms with Crippen molar-refractivity contribution in [3.63, 3.8) is 0 Å². The number of rotatable bonds is 9. The van der Waals surface area contributed by atoms with Crippen LogP contribution in [0.4, 0.5) is 5.95 Å². The number of aromatic amines is 1. The molecule has 1 aliphatic heterocycles. The lowest BCUT2D eigenvalue weighted by Crippen LogP contribution is -2.35. The van der Waals surface area contributed by atoms with E-state index < -0.39 is 5.60 Å². The maximum absolute atomic E-state index is 13.1. The first-order chi connectivity index (χ1) is 17.7. The van der Waals surface area contributed by atoms with Gasteiger partial charge in [0.1, 0.15) is 6.33 Å². The van der Waals surface area contributed by atoms with Crippen molar-refractivity contribution in [2.24, 2.45) is 17.8 Å². The van der Waals surface area contributed by atoms with Gasteiger partial charge in [0.2, 0.25) is 17.6 Å². The molecule has 2 aliphatic rings. The molecule has 12 nitrogen and oxygen atoms in total. The Hall–Kier alpha value is -3.72. The summed E-state index contributed by atoms with van der Waals surface area (Å²) in [6, 6.07) is 2.34. The molecule has 0 bridgehead atoms. The minimum atomic E-state index is -1.01. The van der Waals surface area contributed by atoms with Crippen molar-refractivity contribution in [3.05, 3.63) is 24.0 Å². The molecule has 0 spiro atoms. The van der Waals surface area contributed by atoms with E-state index in [0.29, 0.717) is 31.3 Å². The number of ketones is 1. The van der Waals surface area contributed by atoms with E-state index in [4.69, 9.17) is 10.00 Å². The van der Waals surface area contributed by atoms with E-state index in [-0.39, 0.29) is 47.7 Å². The van der Waals surface area contributed by atoms with Crippen molar-refractivity contribution in [3.8, 4) is 12.1 Å². The van der Waals surface area contributed by atoms with Crippen molar-refractivity contribution < 1.29 is 14.6 Å². The summed E-state index contributed by atoms with van der Waals surface area (Å²) in [5.41, 5.74) is 0.680. The average molecular weight is 506 g/mol. The molecule has 1 aliphatic carbocycles. The van der Waals surface area contributed by atoms with Crippen LogP contribution in [0.25, 0.3) is 11.0 Å². The second-order valence-electron chi connectivity index (χ2n) is 10.6. The predicted molar refractivity (Wildman–Crippen MR) is 133 cm³/mol. The van der Waals surface area contributed by atoms with Crippen LogP contribution >= 0.6 is 0 Å². The molecule has 1 saturated carbocycles. The largest absolute Gasteiger partial charge is 0.463 e. The first-order valence-electron chi connectivity index (χ1n) is 12.7. The van der Waals surface area contributed by atoms with Crippen molar-refractivity contribution in [1.29, 1.82) is 5.26 Å². The van der Waals surface area contributed by atoms with E-state index in [9.17, 15) is 9.90 Å². The van der Waals surface area contributed by atoms with E-state index in [1.165, 1.54) is 6.33 Å². The van der Waals surface area contributed by atoms with Crippen LogP contribution in [0.2, 0.25) is 0 Å². The highest BCUT2D eigenvalue weighted by Crippen LogP contribution is 2.38. The number of nitriles is 1. The summed E-state index contributed by atoms with van der Waals surface area (Å²) in [5, 5.41) is 27.7. The Bertz CT molecular complexity index is 1320. The molecular weight excluding hydrogens is 474 g/mol. The molecule has 2 fully saturated rings. The highest BCUT2D eigenvalue weighted by molar-refractivity contribution is 5.93. The van der Waals surface area contributed by atoms with Crippen LogP contribution in [-0.2, 0) is 0 Å². The highest BCUT2D eigenvalue weighted by Gasteiger charge is 2.38. The summed E-state index contributed by atoms with van der Waals surface area (Å²) in [6.07, 6.45) is 5.83. The second-order valence-corrected chi connectivity index (χ2v) is 10.6. The zero-order valence-electron chi connectivity index (χ0n) is 21.3. The predicted octanol–water partition coefficient (Wildman–Crippen LogP) is 2.44. The maximum Gasteiger partial charge on any atom is 0.321 e. The zero-order valence-corrected chi connectivity index (χ0v) is 21.3. The standard InChI is InChI=1S/C25H31N9O3/c1-14(25(2,3)36)8-19(35)22-29-23(31-24(30-22)37-12-17-9-16(17)10-26)34-6-4-15(5-7-34)20-18-11-27-13-28-21(18)33-32-20/h11,13-17,36H,4-9,12H2,1-3H3,(H,27,28,32,33)/t14-,16-,17+/m0/s1. The molecule has 12 heteroatoms. The van der Waals surface area contributed by atoms with Crippen molar-refractivity contribution in [2.45, 2.75) is 58.0 Å². The van der Waals surface area contributed by atoms with Gasteiger partial charge in [0.05, 0.1) is 29.6 Å². The van der Waals surface area contributed by atoms with Crippen LogP contribution in [0, 0.1) is 29.1 Å². The summed E-state index contributed by atoms with van der Waals surface area (Å²) in [6.45, 7) is 6.86. The number of ether oxygens (including phenoxy) is 1. The Labute approximate surface area is 214 Å². The molecular formula is C25H31N9O3. The molecule has 0 radical (unpaired) electrons. The summed E-state index contributed by atoms with van der Waals surface area (Å²) < 4.78 is 5.82. The number of nitrogens with zero attached hydrogens (tertiary/aromatic N) is 8. The molecule has 3 atom stereocenters. The number of nitrogens with one attached hydrogen (secondary N) is 1. The summed E-state index contributed by atoms with van der Waals surface area (Å²) in [5.74, 6) is 0.285. The van der Waals surface area contributed by atoms with Crippen LogP contribution in [0.15, 0.2) is 12.5 Å². The Kier molecular flexibility index (Phi) is 6.72. The van der Waals surface area contributed by atoms with Gasteiger partial charge in [0.15, 0.2) is 5.65 Å². The second kappa shape index (κ2) is 9.97. The fraction of sp³-hybridized carbons (Fsp3) is 0.600. The molecule has 0 aromatic carbocycles. The van der Waals surface area contributed by atoms with Gasteiger partial charge in [0.25, 0.3) is 0 Å². The number of carbonyl (C=O) groups excluding carboxylic acids is 1. The summed E-state index contributed by atoms with van der Waals surface area (Å²) >= 11 is 0. The highest BCUT2D eigenvalue weighted by atomic mass is 16.5. The van der Waals surface area contributed by atoms with Crippen molar-refractivity contribution in [1.82, 2.24) is 35.1 Å². The van der Waals surface area contributed by atoms with E-state index in [0.717, 1.165) is 30.3 Å². The van der Waals surface area contributed by atoms with Crippen LogP contribution < -0.4 is 9.64 Å². The summed E-state index contributed by atoms with van der Waals surface area (Å²) in [7, 11) is 0. The zero-order chi connectivity index (χ0) is 26.2. The van der Waals surface area contributed by atoms with Crippen molar-refractivity contribution >= 4 is 22.8 Å². The molecule has 194 valence electrons. The number of H-pyrrole nitrogens is 1. The normalized spacial score (nSPS) is 21.0. The lowest BCUT2D eigenvalue weighted by Gasteiger charge is -2.31. The van der Waals surface area contributed by atoms with Crippen LogP contribution in [-0.4, -0.2) is 71.3 Å². The molecule has 2 N–H and O–H groups in total. The van der Waals surface area contributed by atoms with Gasteiger partial charge in [-0.2, -0.15) is 25.3 Å². The topological polar surface area (TPSA) is 167 Å². The molecule has 4 heterocycles. The number of carbonyl (C=O) groups is 1. The number of aliphatic hydroxyl groups is 1. The fourth-order valence-corrected chi connectivity index (χ4v) is 4.52. The number of hydrogen-bond donors (Lipinski definition) is 2. The summed E-state index contributed by atoms with van der Waals surface area (Å²) in [4.78, 5) is 36.7. The van der Waals surface area contributed by atoms with Gasteiger partial charge in [-0.05, 0) is 39.0 Å². The van der Waals surface area contributed by atoms with E-state index in [1.807, 2.05) is 11.8 Å². The van der Waals surface area contributed by atoms with Crippen LogP contribution in [0.1, 0.15) is 68.7 Å². The first-order valence-corrected chi connectivity index (χ1v) is 12.7. The molecule has 37 heavy (non-hydrogen) atoms. The Morgan fingerprint density at radius 1 is 1.32 bits per heavy atom. The van der Waals surface area contributed by atoms with E-state index in [2.05, 4.69) is 41.2 Å². The number of Topliss-reactive ketones (excluding diaryl/α,β-unsaturated/α-hetero) is 1. The molecule has 0 amide bonds. The fourth-order valence-electron chi connectivity index (χ4n) is 4.52. The first kappa shape index (κ1) is 25.0. The molecule has 3 aromatic heterocycles. The number of hydrogen-bond acceptors (Lipinski definition) is 11. The third-order valence-corrected chi connectivity index (χ3v) is 7.51. The maximum atomic E-state index is 13.1. The van der Waals surface area contributed by atoms with E-state index in [1.54, 1.807) is 20.0 Å². The number of piperidine rings is 1. The Morgan fingerprint density at radius 2 is 2.11 bits per heavy atom. The monoisotopic (exact) mass is 505 g/mol. The minimum Gasteiger partial charge on any atom is -0.463 e. The molecule has 1 saturated heterocycles. The molecule has 0 unspecified atom stereocenters.